The second-order valence-corrected chi connectivity index (χ2v) is 6.83. The Morgan fingerprint density at radius 2 is 2.04 bits per heavy atom. The number of amides is 1. The molecule has 4 rings (SSSR count). The number of carbonyl (C=O) groups excluding carboxylic acids is 1. The number of imidazole rings is 1. The molecule has 134 valence electrons. The maximum atomic E-state index is 14.8. The molecule has 0 unspecified atom stereocenters. The highest BCUT2D eigenvalue weighted by molar-refractivity contribution is 5.97. The maximum Gasteiger partial charge on any atom is 0.263 e. The molecular formula is C19H20FN5O. The first-order valence-corrected chi connectivity index (χ1v) is 8.79. The van der Waals surface area contributed by atoms with Crippen LogP contribution in [-0.2, 0) is 11.8 Å². The fraction of sp³-hybridized carbons (Fsp3) is 0.368. The molecule has 1 amide bonds. The zero-order chi connectivity index (χ0) is 18.1. The monoisotopic (exact) mass is 353 g/mol. The summed E-state index contributed by atoms with van der Waals surface area (Å²) < 4.78 is 16.7. The van der Waals surface area contributed by atoms with Gasteiger partial charge in [-0.25, -0.2) is 19.3 Å². The van der Waals surface area contributed by atoms with E-state index in [2.05, 4.69) is 20.3 Å². The lowest BCUT2D eigenvalue weighted by atomic mass is 9.86. The van der Waals surface area contributed by atoms with Crippen molar-refractivity contribution in [3.63, 3.8) is 0 Å². The van der Waals surface area contributed by atoms with Gasteiger partial charge in [0.05, 0.1) is 29.4 Å². The second kappa shape index (κ2) is 6.48. The number of hydrogen-bond acceptors (Lipinski definition) is 4. The molecule has 3 aromatic heterocycles. The summed E-state index contributed by atoms with van der Waals surface area (Å²) in [6.07, 6.45) is 8.10. The van der Waals surface area contributed by atoms with Crippen molar-refractivity contribution in [2.24, 2.45) is 7.05 Å². The van der Waals surface area contributed by atoms with Crippen LogP contribution in [0.5, 0.6) is 0 Å². The topological polar surface area (TPSA) is 72.7 Å². The summed E-state index contributed by atoms with van der Waals surface area (Å²) in [5, 5.41) is 3.48. The largest absolute Gasteiger partial charge is 0.332 e. The summed E-state index contributed by atoms with van der Waals surface area (Å²) in [7, 11) is 1.90. The summed E-state index contributed by atoms with van der Waals surface area (Å²) in [5.41, 5.74) is 0.554. The van der Waals surface area contributed by atoms with Crippen molar-refractivity contribution in [2.75, 3.05) is 5.32 Å². The highest BCUT2D eigenvalue weighted by atomic mass is 19.1. The average molecular weight is 353 g/mol. The van der Waals surface area contributed by atoms with Gasteiger partial charge in [-0.1, -0.05) is 6.42 Å². The fourth-order valence-electron chi connectivity index (χ4n) is 3.40. The molecule has 0 bridgehead atoms. The van der Waals surface area contributed by atoms with Crippen LogP contribution < -0.4 is 5.32 Å². The maximum absolute atomic E-state index is 14.8. The summed E-state index contributed by atoms with van der Waals surface area (Å²) in [5.74, 6) is -0.286. The standard InChI is InChI=1S/C19H20FN5O/c1-25-12-21-11-16(25)14-6-5-13-10-22-17(9-15(13)23-14)24-18(26)19(20)7-3-2-4-8-19/h5-6,9-12H,2-4,7-8H2,1H3,(H,22,24,26). The summed E-state index contributed by atoms with van der Waals surface area (Å²) in [4.78, 5) is 25.3. The predicted molar refractivity (Wildman–Crippen MR) is 97.3 cm³/mol. The Hall–Kier alpha value is -2.83. The third kappa shape index (κ3) is 3.05. The number of pyridine rings is 2. The van der Waals surface area contributed by atoms with Gasteiger partial charge in [0.15, 0.2) is 5.67 Å². The van der Waals surface area contributed by atoms with Crippen molar-refractivity contribution in [1.29, 1.82) is 0 Å². The Morgan fingerprint density at radius 1 is 1.23 bits per heavy atom. The molecule has 0 radical (unpaired) electrons. The van der Waals surface area contributed by atoms with Gasteiger partial charge in [0.2, 0.25) is 0 Å². The number of anilines is 1. The molecule has 0 spiro atoms. The molecule has 1 saturated carbocycles. The fourth-order valence-corrected chi connectivity index (χ4v) is 3.40. The van der Waals surface area contributed by atoms with Crippen LogP contribution in [0.15, 0.2) is 36.9 Å². The van der Waals surface area contributed by atoms with E-state index in [4.69, 9.17) is 0 Å². The molecule has 0 aromatic carbocycles. The number of nitrogens with one attached hydrogen (secondary N) is 1. The van der Waals surface area contributed by atoms with Gasteiger partial charge in [0.25, 0.3) is 5.91 Å². The highest BCUT2D eigenvalue weighted by Gasteiger charge is 2.39. The van der Waals surface area contributed by atoms with Crippen molar-refractivity contribution in [3.05, 3.63) is 36.9 Å². The number of aromatic nitrogens is 4. The number of nitrogens with zero attached hydrogens (tertiary/aromatic N) is 4. The van der Waals surface area contributed by atoms with E-state index in [0.717, 1.165) is 36.0 Å². The molecular weight excluding hydrogens is 333 g/mol. The van der Waals surface area contributed by atoms with E-state index >= 15 is 0 Å². The molecule has 0 saturated heterocycles. The summed E-state index contributed by atoms with van der Waals surface area (Å²) in [6, 6.07) is 5.50. The van der Waals surface area contributed by atoms with Crippen LogP contribution in [0.4, 0.5) is 10.2 Å². The Labute approximate surface area is 150 Å². The number of aryl methyl sites for hydroxylation is 1. The van der Waals surface area contributed by atoms with Crippen molar-refractivity contribution in [1.82, 2.24) is 19.5 Å². The molecule has 7 heteroatoms. The highest BCUT2D eigenvalue weighted by Crippen LogP contribution is 2.33. The number of hydrogen-bond donors (Lipinski definition) is 1. The smallest absolute Gasteiger partial charge is 0.263 e. The van der Waals surface area contributed by atoms with E-state index in [1.54, 1.807) is 24.8 Å². The van der Waals surface area contributed by atoms with Gasteiger partial charge in [-0.3, -0.25) is 4.79 Å². The Bertz CT molecular complexity index is 961. The van der Waals surface area contributed by atoms with Gasteiger partial charge in [-0.05, 0) is 37.8 Å². The minimum Gasteiger partial charge on any atom is -0.332 e. The second-order valence-electron chi connectivity index (χ2n) is 6.83. The molecule has 1 fully saturated rings. The molecule has 1 aliphatic carbocycles. The minimum atomic E-state index is -1.79. The molecule has 6 nitrogen and oxygen atoms in total. The summed E-state index contributed by atoms with van der Waals surface area (Å²) in [6.45, 7) is 0. The first kappa shape index (κ1) is 16.6. The van der Waals surface area contributed by atoms with E-state index in [1.165, 1.54) is 0 Å². The number of carbonyl (C=O) groups is 1. The Morgan fingerprint density at radius 3 is 2.77 bits per heavy atom. The van der Waals surface area contributed by atoms with Gasteiger partial charge in [-0.15, -0.1) is 0 Å². The van der Waals surface area contributed by atoms with Crippen molar-refractivity contribution < 1.29 is 9.18 Å². The van der Waals surface area contributed by atoms with Crippen LogP contribution in [0.1, 0.15) is 32.1 Å². The number of fused-ring (bicyclic) bond motifs is 1. The van der Waals surface area contributed by atoms with Crippen LogP contribution in [0.25, 0.3) is 22.3 Å². The number of rotatable bonds is 3. The van der Waals surface area contributed by atoms with Gasteiger partial charge < -0.3 is 9.88 Å². The van der Waals surface area contributed by atoms with E-state index in [9.17, 15) is 9.18 Å². The zero-order valence-electron chi connectivity index (χ0n) is 14.6. The van der Waals surface area contributed by atoms with Crippen molar-refractivity contribution in [2.45, 2.75) is 37.8 Å². The van der Waals surface area contributed by atoms with E-state index in [0.29, 0.717) is 11.3 Å². The first-order chi connectivity index (χ1) is 12.5. The third-order valence-electron chi connectivity index (χ3n) is 4.95. The minimum absolute atomic E-state index is 0.273. The molecule has 3 heterocycles. The molecule has 0 atom stereocenters. The number of halogens is 1. The SMILES string of the molecule is Cn1cncc1-c1ccc2cnc(NC(=O)C3(F)CCCCC3)cc2n1. The lowest BCUT2D eigenvalue weighted by molar-refractivity contribution is -0.129. The van der Waals surface area contributed by atoms with Gasteiger partial charge >= 0.3 is 0 Å². The van der Waals surface area contributed by atoms with Crippen molar-refractivity contribution in [3.8, 4) is 11.4 Å². The Kier molecular flexibility index (Phi) is 4.14. The predicted octanol–water partition coefficient (Wildman–Crippen LogP) is 3.64. The van der Waals surface area contributed by atoms with Crippen molar-refractivity contribution >= 4 is 22.6 Å². The lowest BCUT2D eigenvalue weighted by Gasteiger charge is -2.27. The van der Waals surface area contributed by atoms with Crippen LogP contribution in [0.2, 0.25) is 0 Å². The zero-order valence-corrected chi connectivity index (χ0v) is 14.6. The van der Waals surface area contributed by atoms with Gasteiger partial charge in [0.1, 0.15) is 5.82 Å². The van der Waals surface area contributed by atoms with E-state index in [-0.39, 0.29) is 12.8 Å². The first-order valence-electron chi connectivity index (χ1n) is 8.79. The molecule has 1 aliphatic rings. The number of alkyl halides is 1. The van der Waals surface area contributed by atoms with Crippen LogP contribution >= 0.6 is 0 Å². The normalized spacial score (nSPS) is 16.5. The molecule has 3 aromatic rings. The lowest BCUT2D eigenvalue weighted by Crippen LogP contribution is -2.40. The van der Waals surface area contributed by atoms with Crippen LogP contribution in [0.3, 0.4) is 0 Å². The van der Waals surface area contributed by atoms with Crippen LogP contribution in [-0.4, -0.2) is 31.1 Å². The average Bonchev–Trinajstić information content (AvgIpc) is 3.07. The van der Waals surface area contributed by atoms with Gasteiger partial charge in [-0.2, -0.15) is 0 Å². The Balaban J connectivity index is 1.62. The van der Waals surface area contributed by atoms with E-state index < -0.39 is 11.6 Å². The van der Waals surface area contributed by atoms with Crippen LogP contribution in [0, 0.1) is 0 Å². The quantitative estimate of drug-likeness (QED) is 0.780. The van der Waals surface area contributed by atoms with Gasteiger partial charge in [0, 0.05) is 24.7 Å². The molecule has 26 heavy (non-hydrogen) atoms. The molecule has 0 aliphatic heterocycles. The molecule has 1 N–H and O–H groups in total. The van der Waals surface area contributed by atoms with E-state index in [1.807, 2.05) is 23.7 Å². The summed E-state index contributed by atoms with van der Waals surface area (Å²) >= 11 is 0. The third-order valence-corrected chi connectivity index (χ3v) is 4.95.